The highest BCUT2D eigenvalue weighted by atomic mass is 79.9. The minimum absolute atomic E-state index is 0.0329. The second-order valence-electron chi connectivity index (χ2n) is 7.03. The molecule has 0 unspecified atom stereocenters. The van der Waals surface area contributed by atoms with E-state index in [4.69, 9.17) is 11.6 Å². The second kappa shape index (κ2) is 10.9. The van der Waals surface area contributed by atoms with Crippen LogP contribution in [0.2, 0.25) is 5.02 Å². The number of amides is 1. The smallest absolute Gasteiger partial charge is 0.255 e. The fourth-order valence-corrected chi connectivity index (χ4v) is 4.66. The fourth-order valence-electron chi connectivity index (χ4n) is 2.83. The van der Waals surface area contributed by atoms with Crippen molar-refractivity contribution in [2.75, 3.05) is 6.54 Å². The van der Waals surface area contributed by atoms with Crippen LogP contribution in [0, 0.1) is 6.92 Å². The van der Waals surface area contributed by atoms with Crippen LogP contribution in [0.4, 0.5) is 0 Å². The number of carbonyl (C=O) groups excluding carboxylic acids is 1. The molecule has 0 aliphatic rings. The third-order valence-corrected chi connectivity index (χ3v) is 7.23. The number of nitrogens with one attached hydrogen (secondary N) is 1. The Morgan fingerprint density at radius 3 is 2.38 bits per heavy atom. The van der Waals surface area contributed by atoms with Gasteiger partial charge >= 0.3 is 0 Å². The first-order valence-electron chi connectivity index (χ1n) is 9.63. The SMILES string of the molecule is Cc1ccc(S(=O)(=O)N(CC(=O)N/N=C\c2ccccc2Cl)Cc2ccc(Br)cc2)cc1. The van der Waals surface area contributed by atoms with Crippen molar-refractivity contribution in [1.29, 1.82) is 0 Å². The van der Waals surface area contributed by atoms with Gasteiger partial charge in [0.25, 0.3) is 5.91 Å². The van der Waals surface area contributed by atoms with E-state index in [9.17, 15) is 13.2 Å². The van der Waals surface area contributed by atoms with Crippen molar-refractivity contribution in [3.8, 4) is 0 Å². The summed E-state index contributed by atoms with van der Waals surface area (Å²) in [5, 5.41) is 4.39. The van der Waals surface area contributed by atoms with Crippen LogP contribution in [-0.2, 0) is 21.4 Å². The monoisotopic (exact) mass is 533 g/mol. The van der Waals surface area contributed by atoms with Crippen molar-refractivity contribution in [2.24, 2.45) is 5.10 Å². The van der Waals surface area contributed by atoms with Crippen LogP contribution < -0.4 is 5.43 Å². The summed E-state index contributed by atoms with van der Waals surface area (Å²) in [6, 6.07) is 20.8. The molecule has 0 saturated carbocycles. The lowest BCUT2D eigenvalue weighted by Gasteiger charge is -2.21. The molecule has 0 heterocycles. The summed E-state index contributed by atoms with van der Waals surface area (Å²) in [7, 11) is -3.92. The summed E-state index contributed by atoms with van der Waals surface area (Å²) in [5.41, 5.74) is 4.69. The van der Waals surface area contributed by atoms with E-state index in [2.05, 4.69) is 26.5 Å². The first-order chi connectivity index (χ1) is 15.3. The van der Waals surface area contributed by atoms with E-state index < -0.39 is 22.5 Å². The van der Waals surface area contributed by atoms with Gasteiger partial charge in [0.1, 0.15) is 0 Å². The number of halogens is 2. The summed E-state index contributed by atoms with van der Waals surface area (Å²) in [6.07, 6.45) is 1.41. The van der Waals surface area contributed by atoms with Gasteiger partial charge in [-0.3, -0.25) is 4.79 Å². The summed E-state index contributed by atoms with van der Waals surface area (Å²) in [6.45, 7) is 1.51. The first kappa shape index (κ1) is 24.1. The van der Waals surface area contributed by atoms with Gasteiger partial charge in [-0.2, -0.15) is 9.41 Å². The van der Waals surface area contributed by atoms with Gasteiger partial charge < -0.3 is 0 Å². The van der Waals surface area contributed by atoms with Crippen LogP contribution in [0.5, 0.6) is 0 Å². The Kier molecular flexibility index (Phi) is 8.20. The van der Waals surface area contributed by atoms with Gasteiger partial charge in [-0.25, -0.2) is 13.8 Å². The molecule has 0 fully saturated rings. The Hall–Kier alpha value is -2.52. The Bertz CT molecular complexity index is 1210. The highest BCUT2D eigenvalue weighted by molar-refractivity contribution is 9.10. The minimum Gasteiger partial charge on any atom is -0.272 e. The molecule has 6 nitrogen and oxygen atoms in total. The summed E-state index contributed by atoms with van der Waals surface area (Å²) >= 11 is 9.44. The highest BCUT2D eigenvalue weighted by Crippen LogP contribution is 2.20. The van der Waals surface area contributed by atoms with E-state index in [-0.39, 0.29) is 11.4 Å². The number of hydrogen-bond acceptors (Lipinski definition) is 4. The standard InChI is InChI=1S/C23H21BrClN3O3S/c1-17-6-12-21(13-7-17)32(30,31)28(15-18-8-10-20(24)11-9-18)16-23(29)27-26-14-19-4-2-3-5-22(19)25/h2-14H,15-16H2,1H3,(H,27,29)/b26-14-. The molecule has 3 aromatic carbocycles. The zero-order chi connectivity index (χ0) is 23.1. The number of hydrazone groups is 1. The summed E-state index contributed by atoms with van der Waals surface area (Å²) < 4.78 is 28.5. The maximum atomic E-state index is 13.3. The lowest BCUT2D eigenvalue weighted by atomic mass is 10.2. The normalized spacial score (nSPS) is 11.8. The molecule has 0 saturated heterocycles. The molecule has 3 aromatic rings. The van der Waals surface area contributed by atoms with Crippen molar-refractivity contribution in [2.45, 2.75) is 18.4 Å². The molecule has 0 atom stereocenters. The molecular weight excluding hydrogens is 514 g/mol. The molecule has 3 rings (SSSR count). The van der Waals surface area contributed by atoms with Crippen molar-refractivity contribution >= 4 is 49.7 Å². The maximum absolute atomic E-state index is 13.3. The quantitative estimate of drug-likeness (QED) is 0.335. The van der Waals surface area contributed by atoms with Gasteiger partial charge in [0.05, 0.1) is 17.7 Å². The van der Waals surface area contributed by atoms with E-state index in [0.717, 1.165) is 19.9 Å². The second-order valence-corrected chi connectivity index (χ2v) is 10.3. The summed E-state index contributed by atoms with van der Waals surface area (Å²) in [4.78, 5) is 12.7. The predicted molar refractivity (Wildman–Crippen MR) is 130 cm³/mol. The Labute approximate surface area is 201 Å². The number of hydrogen-bond donors (Lipinski definition) is 1. The summed E-state index contributed by atoms with van der Waals surface area (Å²) in [5.74, 6) is -0.568. The van der Waals surface area contributed by atoms with Crippen LogP contribution in [-0.4, -0.2) is 31.4 Å². The predicted octanol–water partition coefficient (Wildman–Crippen LogP) is 4.75. The van der Waals surface area contributed by atoms with E-state index in [1.54, 1.807) is 48.5 Å². The molecule has 0 aliphatic carbocycles. The van der Waals surface area contributed by atoms with Crippen molar-refractivity contribution in [3.63, 3.8) is 0 Å². The Morgan fingerprint density at radius 2 is 1.72 bits per heavy atom. The number of rotatable bonds is 8. The lowest BCUT2D eigenvalue weighted by Crippen LogP contribution is -2.39. The molecule has 0 aliphatic heterocycles. The zero-order valence-corrected chi connectivity index (χ0v) is 20.4. The van der Waals surface area contributed by atoms with E-state index in [1.165, 1.54) is 18.3 Å². The van der Waals surface area contributed by atoms with Crippen LogP contribution >= 0.6 is 27.5 Å². The van der Waals surface area contributed by atoms with Crippen LogP contribution in [0.3, 0.4) is 0 Å². The van der Waals surface area contributed by atoms with Crippen LogP contribution in [0.15, 0.2) is 87.3 Å². The van der Waals surface area contributed by atoms with Gasteiger partial charge in [-0.05, 0) is 42.8 Å². The molecule has 0 aromatic heterocycles. The Morgan fingerprint density at radius 1 is 1.06 bits per heavy atom. The number of aryl methyl sites for hydroxylation is 1. The average molecular weight is 535 g/mol. The lowest BCUT2D eigenvalue weighted by molar-refractivity contribution is -0.121. The molecular formula is C23H21BrClN3O3S. The number of sulfonamides is 1. The van der Waals surface area contributed by atoms with E-state index >= 15 is 0 Å². The molecule has 0 radical (unpaired) electrons. The maximum Gasteiger partial charge on any atom is 0.255 e. The fraction of sp³-hybridized carbons (Fsp3) is 0.130. The minimum atomic E-state index is -3.92. The van der Waals surface area contributed by atoms with E-state index in [0.29, 0.717) is 10.6 Å². The number of nitrogens with zero attached hydrogens (tertiary/aromatic N) is 2. The van der Waals surface area contributed by atoms with Crippen LogP contribution in [0.1, 0.15) is 16.7 Å². The van der Waals surface area contributed by atoms with Gasteiger partial charge in [0.2, 0.25) is 10.0 Å². The molecule has 0 spiro atoms. The average Bonchev–Trinajstić information content (AvgIpc) is 2.76. The van der Waals surface area contributed by atoms with E-state index in [1.807, 2.05) is 19.1 Å². The van der Waals surface area contributed by atoms with Crippen molar-refractivity contribution < 1.29 is 13.2 Å². The largest absolute Gasteiger partial charge is 0.272 e. The van der Waals surface area contributed by atoms with Crippen molar-refractivity contribution in [3.05, 3.63) is 99.0 Å². The van der Waals surface area contributed by atoms with Crippen molar-refractivity contribution in [1.82, 2.24) is 9.73 Å². The molecule has 1 amide bonds. The topological polar surface area (TPSA) is 78.8 Å². The molecule has 32 heavy (non-hydrogen) atoms. The number of carbonyl (C=O) groups is 1. The first-order valence-corrected chi connectivity index (χ1v) is 12.2. The van der Waals surface area contributed by atoms with Gasteiger partial charge in [0.15, 0.2) is 0 Å². The zero-order valence-electron chi connectivity index (χ0n) is 17.2. The molecule has 0 bridgehead atoms. The van der Waals surface area contributed by atoms with Gasteiger partial charge in [-0.15, -0.1) is 0 Å². The third kappa shape index (κ3) is 6.49. The van der Waals surface area contributed by atoms with Crippen LogP contribution in [0.25, 0.3) is 0 Å². The van der Waals surface area contributed by atoms with Gasteiger partial charge in [-0.1, -0.05) is 75.6 Å². The molecule has 9 heteroatoms. The molecule has 1 N–H and O–H groups in total. The number of benzene rings is 3. The Balaban J connectivity index is 1.80. The van der Waals surface area contributed by atoms with Gasteiger partial charge in [0, 0.05) is 21.6 Å². The molecule has 166 valence electrons. The highest BCUT2D eigenvalue weighted by Gasteiger charge is 2.27. The third-order valence-electron chi connectivity index (χ3n) is 4.55.